The molecule has 0 saturated heterocycles. The first kappa shape index (κ1) is 43.7. The van der Waals surface area contributed by atoms with Crippen LogP contribution in [0.3, 0.4) is 0 Å². The van der Waals surface area contributed by atoms with Crippen LogP contribution in [0.25, 0.3) is 0 Å². The van der Waals surface area contributed by atoms with Crippen LogP contribution in [0.5, 0.6) is 0 Å². The summed E-state index contributed by atoms with van der Waals surface area (Å²) in [6.45, 7) is 18.5. The highest BCUT2D eigenvalue weighted by Gasteiger charge is 2.35. The first-order valence-corrected chi connectivity index (χ1v) is 15.6. The number of carboxylic acids is 2. The van der Waals surface area contributed by atoms with Gasteiger partial charge in [0.1, 0.15) is 28.4 Å². The summed E-state index contributed by atoms with van der Waals surface area (Å²) in [7, 11) is 0. The van der Waals surface area contributed by atoms with Crippen molar-refractivity contribution in [2.45, 2.75) is 118 Å². The van der Waals surface area contributed by atoms with Crippen molar-refractivity contribution >= 4 is 35.8 Å². The normalized spacial score (nSPS) is 13.3. The van der Waals surface area contributed by atoms with Gasteiger partial charge in [-0.25, -0.2) is 0 Å². The molecule has 0 aliphatic rings. The lowest BCUT2D eigenvalue weighted by Crippen LogP contribution is -2.51. The molecule has 0 aliphatic heterocycles. The Morgan fingerprint density at radius 3 is 1.21 bits per heavy atom. The molecule has 1 unspecified atom stereocenters. The van der Waals surface area contributed by atoms with E-state index in [9.17, 15) is 39.0 Å². The maximum absolute atomic E-state index is 13.2. The summed E-state index contributed by atoms with van der Waals surface area (Å²) in [6.07, 6.45) is -0.684. The summed E-state index contributed by atoms with van der Waals surface area (Å²) in [5.74, 6) is -5.26. The molecule has 0 aromatic carbocycles. The van der Waals surface area contributed by atoms with Gasteiger partial charge in [0.25, 0.3) is 0 Å². The monoisotopic (exact) mass is 675 g/mol. The number of aliphatic carboxylic acids is 2. The van der Waals surface area contributed by atoms with Gasteiger partial charge >= 0.3 is 35.8 Å². The van der Waals surface area contributed by atoms with E-state index < -0.39 is 83.8 Å². The molecule has 0 amide bonds. The number of carboxylic acid groups (broad SMARTS) is 2. The minimum atomic E-state index is -1.39. The molecule has 0 rings (SSSR count). The van der Waals surface area contributed by atoms with Crippen LogP contribution in [0.15, 0.2) is 0 Å². The molecule has 0 aromatic rings. The molecular formula is C32H57N3O12. The van der Waals surface area contributed by atoms with E-state index in [1.165, 1.54) is 14.7 Å². The molecule has 0 heterocycles. The molecule has 47 heavy (non-hydrogen) atoms. The third-order valence-corrected chi connectivity index (χ3v) is 5.58. The van der Waals surface area contributed by atoms with Gasteiger partial charge in [0, 0.05) is 26.2 Å². The van der Waals surface area contributed by atoms with Gasteiger partial charge in [0.2, 0.25) is 0 Å². The maximum Gasteiger partial charge on any atom is 0.324 e. The Balaban J connectivity index is 6.21. The van der Waals surface area contributed by atoms with Crippen LogP contribution in [0.1, 0.15) is 89.5 Å². The van der Waals surface area contributed by atoms with Gasteiger partial charge in [-0.1, -0.05) is 0 Å². The van der Waals surface area contributed by atoms with Crippen molar-refractivity contribution in [1.29, 1.82) is 0 Å². The highest BCUT2D eigenvalue weighted by Crippen LogP contribution is 2.16. The van der Waals surface area contributed by atoms with Gasteiger partial charge in [-0.05, 0) is 83.1 Å². The van der Waals surface area contributed by atoms with E-state index >= 15 is 0 Å². The molecule has 0 spiro atoms. The number of nitrogens with zero attached hydrogens (tertiary/aromatic N) is 3. The molecule has 0 fully saturated rings. The van der Waals surface area contributed by atoms with Crippen molar-refractivity contribution in [3.05, 3.63) is 0 Å². The van der Waals surface area contributed by atoms with Gasteiger partial charge in [0.15, 0.2) is 0 Å². The third-order valence-electron chi connectivity index (χ3n) is 5.58. The van der Waals surface area contributed by atoms with Gasteiger partial charge in [-0.2, -0.15) is 0 Å². The summed E-state index contributed by atoms with van der Waals surface area (Å²) in [4.78, 5) is 79.1. The summed E-state index contributed by atoms with van der Waals surface area (Å²) in [6, 6.07) is -1.39. The van der Waals surface area contributed by atoms with Crippen molar-refractivity contribution in [1.82, 2.24) is 14.7 Å². The summed E-state index contributed by atoms with van der Waals surface area (Å²) in [5.41, 5.74) is -3.37. The van der Waals surface area contributed by atoms with Crippen molar-refractivity contribution in [2.75, 3.05) is 52.4 Å². The second kappa shape index (κ2) is 18.3. The zero-order valence-electron chi connectivity index (χ0n) is 30.3. The quantitative estimate of drug-likeness (QED) is 0.159. The van der Waals surface area contributed by atoms with E-state index in [0.29, 0.717) is 0 Å². The molecule has 0 aliphatic carbocycles. The smallest absolute Gasteiger partial charge is 0.324 e. The average Bonchev–Trinajstić information content (AvgIpc) is 2.77. The zero-order valence-corrected chi connectivity index (χ0v) is 30.3. The molecule has 0 radical (unpaired) electrons. The van der Waals surface area contributed by atoms with Crippen LogP contribution in [0.4, 0.5) is 0 Å². The van der Waals surface area contributed by atoms with E-state index in [4.69, 9.17) is 18.9 Å². The second-order valence-electron chi connectivity index (χ2n) is 15.3. The third kappa shape index (κ3) is 23.6. The first-order valence-electron chi connectivity index (χ1n) is 15.6. The summed E-state index contributed by atoms with van der Waals surface area (Å²) < 4.78 is 21.7. The fraction of sp³-hybridized carbons (Fsp3) is 0.812. The van der Waals surface area contributed by atoms with Gasteiger partial charge in [-0.15, -0.1) is 0 Å². The number of ether oxygens (including phenoxy) is 4. The molecule has 0 aromatic heterocycles. The zero-order chi connectivity index (χ0) is 37.0. The van der Waals surface area contributed by atoms with E-state index in [1.54, 1.807) is 83.1 Å². The SMILES string of the molecule is CC(C)(C)OC(=O)CN(CCN(CCN(CC(=O)OC(C)(C)C)C(CC(=O)O)C(=O)OC(C)(C)C)CC(=O)O)CC(=O)OC(C)(C)C. The number of rotatable bonds is 18. The Morgan fingerprint density at radius 2 is 0.851 bits per heavy atom. The Bertz CT molecular complexity index is 1050. The van der Waals surface area contributed by atoms with Crippen LogP contribution in [0.2, 0.25) is 0 Å². The van der Waals surface area contributed by atoms with Crippen molar-refractivity contribution in [3.8, 4) is 0 Å². The molecule has 272 valence electrons. The van der Waals surface area contributed by atoms with E-state index in [1.807, 2.05) is 0 Å². The standard InChI is InChI=1S/C32H57N3O12/c1-29(2,3)44-25(40)19-34(20-26(41)45-30(4,5)6)14-13-33(18-24(38)39)15-16-35(21-27(42)46-31(7,8)9)22(17-23(36)37)28(43)47-32(10,11)12/h22H,13-21H2,1-12H3,(H,36,37)(H,38,39). The van der Waals surface area contributed by atoms with Crippen LogP contribution < -0.4 is 0 Å². The van der Waals surface area contributed by atoms with Gasteiger partial charge in [0.05, 0.1) is 32.6 Å². The van der Waals surface area contributed by atoms with Crippen LogP contribution in [-0.2, 0) is 47.7 Å². The lowest BCUT2D eigenvalue weighted by molar-refractivity contribution is -0.168. The summed E-state index contributed by atoms with van der Waals surface area (Å²) >= 11 is 0. The topological polar surface area (TPSA) is 190 Å². The maximum atomic E-state index is 13.2. The summed E-state index contributed by atoms with van der Waals surface area (Å²) in [5, 5.41) is 19.2. The van der Waals surface area contributed by atoms with E-state index in [-0.39, 0.29) is 39.3 Å². The fourth-order valence-electron chi connectivity index (χ4n) is 4.12. The highest BCUT2D eigenvalue weighted by atomic mass is 16.6. The van der Waals surface area contributed by atoms with Crippen LogP contribution >= 0.6 is 0 Å². The number of carbonyl (C=O) groups is 6. The molecule has 0 bridgehead atoms. The largest absolute Gasteiger partial charge is 0.481 e. The van der Waals surface area contributed by atoms with Crippen molar-refractivity contribution in [3.63, 3.8) is 0 Å². The highest BCUT2D eigenvalue weighted by molar-refractivity contribution is 5.83. The van der Waals surface area contributed by atoms with Gasteiger partial charge in [-0.3, -0.25) is 43.5 Å². The lowest BCUT2D eigenvalue weighted by Gasteiger charge is -2.34. The molecule has 1 atom stereocenters. The number of hydrogen-bond acceptors (Lipinski definition) is 13. The Kier molecular flexibility index (Phi) is 17.0. The fourth-order valence-corrected chi connectivity index (χ4v) is 4.12. The van der Waals surface area contributed by atoms with Crippen molar-refractivity contribution in [2.24, 2.45) is 0 Å². The first-order chi connectivity index (χ1) is 21.0. The predicted octanol–water partition coefficient (Wildman–Crippen LogP) is 2.19. The number of carbonyl (C=O) groups excluding carboxylic acids is 4. The molecule has 2 N–H and O–H groups in total. The van der Waals surface area contributed by atoms with Crippen LogP contribution in [-0.4, -0.2) is 142 Å². The molecule has 15 heteroatoms. The van der Waals surface area contributed by atoms with E-state index in [2.05, 4.69) is 0 Å². The molecular weight excluding hydrogens is 618 g/mol. The minimum Gasteiger partial charge on any atom is -0.481 e. The number of hydrogen-bond donors (Lipinski definition) is 2. The lowest BCUT2D eigenvalue weighted by atomic mass is 10.1. The molecule has 0 saturated carbocycles. The van der Waals surface area contributed by atoms with Crippen molar-refractivity contribution < 1.29 is 57.9 Å². The Labute approximate surface area is 278 Å². The Hall–Kier alpha value is -3.30. The van der Waals surface area contributed by atoms with Crippen LogP contribution in [0, 0.1) is 0 Å². The predicted molar refractivity (Wildman–Crippen MR) is 172 cm³/mol. The van der Waals surface area contributed by atoms with E-state index in [0.717, 1.165) is 0 Å². The molecule has 15 nitrogen and oxygen atoms in total. The minimum absolute atomic E-state index is 0.0359. The van der Waals surface area contributed by atoms with Gasteiger partial charge < -0.3 is 29.2 Å². The average molecular weight is 676 g/mol. The number of esters is 4. The second-order valence-corrected chi connectivity index (χ2v) is 15.3. The Morgan fingerprint density at radius 1 is 0.489 bits per heavy atom.